The van der Waals surface area contributed by atoms with E-state index in [0.717, 1.165) is 86.5 Å². The van der Waals surface area contributed by atoms with Gasteiger partial charge in [-0.25, -0.2) is 4.79 Å². The third-order valence-corrected chi connectivity index (χ3v) is 11.6. The first-order chi connectivity index (χ1) is 26.7. The first kappa shape index (κ1) is 37.9. The second-order valence-electron chi connectivity index (χ2n) is 15.5. The summed E-state index contributed by atoms with van der Waals surface area (Å²) < 4.78 is 13.2. The Morgan fingerprint density at radius 2 is 1.38 bits per heavy atom. The monoisotopic (exact) mass is 749 g/mol. The normalized spacial score (nSPS) is 18.2. The van der Waals surface area contributed by atoms with Gasteiger partial charge in [0.1, 0.15) is 18.5 Å². The Bertz CT molecular complexity index is 2370. The molecule has 0 saturated heterocycles. The number of fused-ring (bicyclic) bond motifs is 2. The molecule has 2 heterocycles. The summed E-state index contributed by atoms with van der Waals surface area (Å²) in [5.74, 6) is -0.624. The fraction of sp³-hybridized carbons (Fsp3) is 0.255. The molecule has 0 bridgehead atoms. The van der Waals surface area contributed by atoms with Crippen LogP contribution in [0.5, 0.6) is 11.5 Å². The smallest absolute Gasteiger partial charge is 0.335 e. The maximum absolute atomic E-state index is 11.9. The van der Waals surface area contributed by atoms with Gasteiger partial charge in [-0.15, -0.1) is 0 Å². The second-order valence-corrected chi connectivity index (χ2v) is 15.5. The summed E-state index contributed by atoms with van der Waals surface area (Å²) >= 11 is 0. The number of carboxylic acid groups (broad SMARTS) is 2. The van der Waals surface area contributed by atoms with Crippen molar-refractivity contribution in [3.63, 3.8) is 0 Å². The number of allylic oxidation sites excluding steroid dienone is 7. The van der Waals surface area contributed by atoms with Crippen LogP contribution in [0.4, 0.5) is 22.7 Å². The average molecular weight is 750 g/mol. The average Bonchev–Trinajstić information content (AvgIpc) is 3.73. The molecule has 56 heavy (non-hydrogen) atoms. The number of carbonyl (C=O) groups excluding carboxylic acids is 1. The van der Waals surface area contributed by atoms with Crippen LogP contribution in [-0.4, -0.2) is 55.6 Å². The van der Waals surface area contributed by atoms with Gasteiger partial charge in [0.05, 0.1) is 36.9 Å². The van der Waals surface area contributed by atoms with Crippen LogP contribution in [0.1, 0.15) is 72.4 Å². The fourth-order valence-electron chi connectivity index (χ4n) is 8.49. The largest absolute Gasteiger partial charge is 0.545 e. The van der Waals surface area contributed by atoms with E-state index in [0.29, 0.717) is 0 Å². The van der Waals surface area contributed by atoms with Crippen molar-refractivity contribution in [1.29, 1.82) is 0 Å². The molecule has 1 aliphatic carbocycles. The molecule has 4 aromatic rings. The van der Waals surface area contributed by atoms with Crippen LogP contribution in [0.15, 0.2) is 132 Å². The van der Waals surface area contributed by atoms with Gasteiger partial charge in [-0.05, 0) is 128 Å². The van der Waals surface area contributed by atoms with E-state index in [-0.39, 0.29) is 11.1 Å². The molecule has 0 atom stereocenters. The number of hydrogen-bond donors (Lipinski definition) is 1. The van der Waals surface area contributed by atoms with E-state index in [1.807, 2.05) is 50.5 Å². The molecule has 286 valence electrons. The third kappa shape index (κ3) is 6.46. The Hall–Kier alpha value is -6.35. The maximum atomic E-state index is 11.9. The number of carboxylic acids is 2. The minimum Gasteiger partial charge on any atom is -0.545 e. The topological polar surface area (TPSA) is 105 Å². The van der Waals surface area contributed by atoms with Crippen molar-refractivity contribution in [3.05, 3.63) is 154 Å². The van der Waals surface area contributed by atoms with Crippen molar-refractivity contribution < 1.29 is 33.9 Å². The molecule has 0 radical (unpaired) electrons. The molecule has 0 saturated carbocycles. The summed E-state index contributed by atoms with van der Waals surface area (Å²) in [4.78, 5) is 28.1. The van der Waals surface area contributed by atoms with E-state index in [9.17, 15) is 19.8 Å². The van der Waals surface area contributed by atoms with E-state index in [4.69, 9.17) is 9.47 Å². The van der Waals surface area contributed by atoms with Gasteiger partial charge in [-0.3, -0.25) is 0 Å². The lowest BCUT2D eigenvalue weighted by Crippen LogP contribution is -2.27. The summed E-state index contributed by atoms with van der Waals surface area (Å²) in [6.45, 7) is 8.51. The summed E-state index contributed by atoms with van der Waals surface area (Å²) in [5, 5.41) is 21.5. The molecule has 0 aromatic heterocycles. The highest BCUT2D eigenvalue weighted by molar-refractivity contribution is 6.04. The molecule has 1 N–H and O–H groups in total. The van der Waals surface area contributed by atoms with Gasteiger partial charge in [0.15, 0.2) is 5.71 Å². The Kier molecular flexibility index (Phi) is 9.74. The van der Waals surface area contributed by atoms with Crippen molar-refractivity contribution in [2.24, 2.45) is 0 Å². The van der Waals surface area contributed by atoms with Crippen LogP contribution in [0.3, 0.4) is 0 Å². The molecular weight excluding hydrogens is 703 g/mol. The lowest BCUT2D eigenvalue weighted by Gasteiger charge is -2.29. The van der Waals surface area contributed by atoms with Gasteiger partial charge >= 0.3 is 5.97 Å². The molecule has 0 amide bonds. The zero-order valence-corrected chi connectivity index (χ0v) is 33.1. The van der Waals surface area contributed by atoms with E-state index in [1.54, 1.807) is 38.5 Å². The zero-order chi connectivity index (χ0) is 40.1. The van der Waals surface area contributed by atoms with Gasteiger partial charge < -0.3 is 34.3 Å². The van der Waals surface area contributed by atoms with Crippen LogP contribution in [0.25, 0.3) is 0 Å². The summed E-state index contributed by atoms with van der Waals surface area (Å²) in [5.41, 5.74) is 10.7. The van der Waals surface area contributed by atoms with E-state index in [2.05, 4.69) is 90.6 Å². The number of likely N-dealkylation sites (N-methyl/N-ethyl adjacent to an activating group) is 1. The van der Waals surface area contributed by atoms with Crippen molar-refractivity contribution in [1.82, 2.24) is 0 Å². The molecule has 7 rings (SSSR count). The molecule has 3 aliphatic rings. The quantitative estimate of drug-likeness (QED) is 0.161. The number of nitrogens with zero attached hydrogens (tertiary/aromatic N) is 3. The van der Waals surface area contributed by atoms with Gasteiger partial charge in [-0.2, -0.15) is 4.58 Å². The molecule has 0 spiro atoms. The van der Waals surface area contributed by atoms with Gasteiger partial charge in [-0.1, -0.05) is 32.1 Å². The number of aromatic carboxylic acids is 2. The third-order valence-electron chi connectivity index (χ3n) is 11.6. The Balaban J connectivity index is 1.39. The summed E-state index contributed by atoms with van der Waals surface area (Å²) in [7, 11) is 7.37. The molecule has 2 aliphatic heterocycles. The standard InChI is InChI=1S/C47H47N3O6/c1-46(2)37-27-31(44(51)52)11-23-39(37)48(5)41(46)25-13-29-9-10-30(14-26-42-47(3,4)38-28-32(45(53)54)12-24-40(38)49(42)6)43(29)50(33-15-19-35(55-7)20-16-33)34-17-21-36(56-8)22-18-34/h11-28H,9-10H2,1-8H3,(H-,51,52,53,54). The van der Waals surface area contributed by atoms with Crippen LogP contribution >= 0.6 is 0 Å². The zero-order valence-electron chi connectivity index (χ0n) is 33.1. The fourth-order valence-corrected chi connectivity index (χ4v) is 8.49. The van der Waals surface area contributed by atoms with Gasteiger partial charge in [0.25, 0.3) is 0 Å². The molecule has 9 nitrogen and oxygen atoms in total. The van der Waals surface area contributed by atoms with Crippen molar-refractivity contribution in [2.45, 2.75) is 51.4 Å². The predicted molar refractivity (Wildman–Crippen MR) is 219 cm³/mol. The Morgan fingerprint density at radius 1 is 0.786 bits per heavy atom. The highest BCUT2D eigenvalue weighted by atomic mass is 16.5. The first-order valence-corrected chi connectivity index (χ1v) is 18.7. The van der Waals surface area contributed by atoms with E-state index in [1.165, 1.54) is 0 Å². The SMILES string of the molecule is COc1ccc(N(C2=C(C=CC3=[N+](C)c4ccc(C(=O)O)cc4C3(C)C)CCC2=CC=C2N(C)c3ccc(C(=O)[O-])cc3C2(C)C)c2ccc(OC)cc2)cc1. The molecule has 0 unspecified atom stereocenters. The minimum atomic E-state index is -1.19. The molecule has 0 fully saturated rings. The molecule has 4 aromatic carbocycles. The Morgan fingerprint density at radius 3 is 1.95 bits per heavy atom. The second kappa shape index (κ2) is 14.4. The van der Waals surface area contributed by atoms with Crippen molar-refractivity contribution in [2.75, 3.05) is 38.1 Å². The van der Waals surface area contributed by atoms with Crippen LogP contribution < -0.4 is 24.4 Å². The lowest BCUT2D eigenvalue weighted by atomic mass is 9.80. The lowest BCUT2D eigenvalue weighted by molar-refractivity contribution is -0.401. The highest BCUT2D eigenvalue weighted by Crippen LogP contribution is 2.48. The predicted octanol–water partition coefficient (Wildman–Crippen LogP) is 8.45. The summed E-state index contributed by atoms with van der Waals surface area (Å²) in [6, 6.07) is 26.6. The summed E-state index contributed by atoms with van der Waals surface area (Å²) in [6.07, 6.45) is 10.3. The maximum Gasteiger partial charge on any atom is 0.335 e. The highest BCUT2D eigenvalue weighted by Gasteiger charge is 2.44. The Labute approximate surface area is 328 Å². The van der Waals surface area contributed by atoms with E-state index < -0.39 is 22.8 Å². The number of anilines is 3. The number of benzene rings is 4. The van der Waals surface area contributed by atoms with Crippen LogP contribution in [0, 0.1) is 0 Å². The number of hydrogen-bond acceptors (Lipinski definition) is 7. The number of ether oxygens (including phenoxy) is 2. The van der Waals surface area contributed by atoms with Gasteiger partial charge in [0, 0.05) is 52.9 Å². The molecule has 9 heteroatoms. The minimum absolute atomic E-state index is 0.163. The van der Waals surface area contributed by atoms with Crippen LogP contribution in [0.2, 0.25) is 0 Å². The van der Waals surface area contributed by atoms with Crippen LogP contribution in [-0.2, 0) is 10.8 Å². The number of methoxy groups -OCH3 is 2. The first-order valence-electron chi connectivity index (χ1n) is 18.7. The van der Waals surface area contributed by atoms with Gasteiger partial charge in [0.2, 0.25) is 5.69 Å². The molecular formula is C47H47N3O6. The number of rotatable bonds is 10. The van der Waals surface area contributed by atoms with Crippen molar-refractivity contribution in [3.8, 4) is 11.5 Å². The van der Waals surface area contributed by atoms with Crippen molar-refractivity contribution >= 4 is 40.4 Å². The number of carbonyl (C=O) groups is 2. The van der Waals surface area contributed by atoms with E-state index >= 15 is 0 Å².